The maximum atomic E-state index is 12.7. The highest BCUT2D eigenvalue weighted by atomic mass is 16.4. The van der Waals surface area contributed by atoms with Crippen LogP contribution in [0.15, 0.2) is 22.3 Å². The Morgan fingerprint density at radius 3 is 1.67 bits per heavy atom. The second-order valence-electron chi connectivity index (χ2n) is 7.37. The number of Topliss-reactive ketones (excluding diaryl/α,β-unsaturated/α-hetero) is 1. The molecule has 9 nitrogen and oxygen atoms in total. The summed E-state index contributed by atoms with van der Waals surface area (Å²) in [5.74, 6) is -9.34. The smallest absolute Gasteiger partial charge is 0.332 e. The summed E-state index contributed by atoms with van der Waals surface area (Å²) in [4.78, 5) is 60.5. The zero-order valence-corrected chi connectivity index (χ0v) is 17.1. The molecule has 1 aliphatic rings. The molecule has 0 aromatic carbocycles. The van der Waals surface area contributed by atoms with Crippen molar-refractivity contribution in [3.63, 3.8) is 0 Å². The van der Waals surface area contributed by atoms with E-state index in [4.69, 9.17) is 0 Å². The average Bonchev–Trinajstić information content (AvgIpc) is 2.64. The maximum Gasteiger partial charge on any atom is 0.332 e. The van der Waals surface area contributed by atoms with Crippen molar-refractivity contribution in [1.29, 1.82) is 0 Å². The molecule has 2 unspecified atom stereocenters. The highest BCUT2D eigenvalue weighted by Crippen LogP contribution is 2.38. The highest BCUT2D eigenvalue weighted by Gasteiger charge is 2.40. The predicted molar refractivity (Wildman–Crippen MR) is 105 cm³/mol. The van der Waals surface area contributed by atoms with E-state index in [1.54, 1.807) is 0 Å². The van der Waals surface area contributed by atoms with Gasteiger partial charge in [0, 0.05) is 17.6 Å². The van der Waals surface area contributed by atoms with Crippen molar-refractivity contribution in [1.82, 2.24) is 0 Å². The fourth-order valence-electron chi connectivity index (χ4n) is 3.82. The Morgan fingerprint density at radius 1 is 0.733 bits per heavy atom. The molecule has 2 atom stereocenters. The molecule has 0 radical (unpaired) electrons. The minimum atomic E-state index is -1.61. The second-order valence-corrected chi connectivity index (χ2v) is 7.37. The summed E-state index contributed by atoms with van der Waals surface area (Å²) in [6, 6.07) is 0. The van der Waals surface area contributed by atoms with Gasteiger partial charge in [-0.15, -0.1) is 0 Å². The van der Waals surface area contributed by atoms with Crippen LogP contribution in [0.2, 0.25) is 0 Å². The number of carboxylic acids is 4. The third-order valence-corrected chi connectivity index (χ3v) is 5.31. The van der Waals surface area contributed by atoms with Gasteiger partial charge in [0.15, 0.2) is 0 Å². The maximum absolute atomic E-state index is 12.7. The van der Waals surface area contributed by atoms with Gasteiger partial charge in [0.2, 0.25) is 0 Å². The molecule has 30 heavy (non-hydrogen) atoms. The molecule has 0 aromatic heterocycles. The van der Waals surface area contributed by atoms with Crippen molar-refractivity contribution in [3.05, 3.63) is 22.3 Å². The van der Waals surface area contributed by atoms with Crippen molar-refractivity contribution in [2.45, 2.75) is 65.2 Å². The molecule has 4 N–H and O–H groups in total. The second kappa shape index (κ2) is 11.3. The quantitative estimate of drug-likeness (QED) is 0.390. The summed E-state index contributed by atoms with van der Waals surface area (Å²) in [5, 5.41) is 38.8. The van der Waals surface area contributed by atoms with Crippen molar-refractivity contribution < 1.29 is 44.4 Å². The fourth-order valence-corrected chi connectivity index (χ4v) is 3.82. The minimum absolute atomic E-state index is 0.0561. The molecule has 0 bridgehead atoms. The van der Waals surface area contributed by atoms with Crippen molar-refractivity contribution >= 4 is 29.7 Å². The molecule has 0 heterocycles. The lowest BCUT2D eigenvalue weighted by atomic mass is 9.74. The molecular weight excluding hydrogens is 396 g/mol. The first kappa shape index (κ1) is 25.1. The number of ketones is 1. The number of carbonyl (C=O) groups excluding carboxylic acids is 1. The van der Waals surface area contributed by atoms with Gasteiger partial charge in [0.1, 0.15) is 5.78 Å². The van der Waals surface area contributed by atoms with Gasteiger partial charge in [-0.05, 0) is 31.6 Å². The Balaban J connectivity index is 3.79. The van der Waals surface area contributed by atoms with Gasteiger partial charge in [-0.1, -0.05) is 33.1 Å². The van der Waals surface area contributed by atoms with E-state index in [9.17, 15) is 44.4 Å². The Morgan fingerprint density at radius 2 is 1.23 bits per heavy atom. The van der Waals surface area contributed by atoms with Crippen LogP contribution in [-0.2, 0) is 24.0 Å². The lowest BCUT2D eigenvalue weighted by molar-refractivity contribution is -0.138. The van der Waals surface area contributed by atoms with E-state index in [1.165, 1.54) is 0 Å². The molecular formula is C21H28O9. The van der Waals surface area contributed by atoms with Gasteiger partial charge in [0.05, 0.1) is 17.1 Å². The van der Waals surface area contributed by atoms with Crippen molar-refractivity contribution in [3.8, 4) is 0 Å². The number of carbonyl (C=O) groups is 5. The Kier molecular flexibility index (Phi) is 9.42. The molecule has 1 aliphatic carbocycles. The van der Waals surface area contributed by atoms with Crippen LogP contribution in [0.3, 0.4) is 0 Å². The van der Waals surface area contributed by atoms with Gasteiger partial charge >= 0.3 is 23.9 Å². The lowest BCUT2D eigenvalue weighted by Crippen LogP contribution is -2.32. The summed E-state index contributed by atoms with van der Waals surface area (Å²) in [5.41, 5.74) is -2.18. The van der Waals surface area contributed by atoms with Gasteiger partial charge < -0.3 is 20.4 Å². The van der Waals surface area contributed by atoms with E-state index < -0.39 is 76.6 Å². The molecule has 0 saturated heterocycles. The topological polar surface area (TPSA) is 166 Å². The van der Waals surface area contributed by atoms with Crippen LogP contribution in [0.25, 0.3) is 0 Å². The van der Waals surface area contributed by atoms with E-state index in [2.05, 4.69) is 0 Å². The van der Waals surface area contributed by atoms with Gasteiger partial charge in [-0.3, -0.25) is 4.79 Å². The molecule has 0 saturated carbocycles. The van der Waals surface area contributed by atoms with Crippen LogP contribution in [0, 0.1) is 11.8 Å². The van der Waals surface area contributed by atoms with E-state index in [0.29, 0.717) is 25.7 Å². The Labute approximate surface area is 174 Å². The van der Waals surface area contributed by atoms with Crippen LogP contribution in [0.1, 0.15) is 65.2 Å². The summed E-state index contributed by atoms with van der Waals surface area (Å²) >= 11 is 0. The zero-order chi connectivity index (χ0) is 23.0. The average molecular weight is 424 g/mol. The SMILES string of the molecule is CCCCC(=O)C1CC(C(=O)O)=C(C(=O)O)C(CCCC)CC(C(=O)O)=C1C(=O)O. The first-order valence-electron chi connectivity index (χ1n) is 9.98. The van der Waals surface area contributed by atoms with E-state index >= 15 is 0 Å². The van der Waals surface area contributed by atoms with E-state index in [1.807, 2.05) is 13.8 Å². The Hall–Kier alpha value is -2.97. The number of hydrogen-bond donors (Lipinski definition) is 4. The van der Waals surface area contributed by atoms with Gasteiger partial charge in [-0.25, -0.2) is 19.2 Å². The number of aliphatic carboxylic acids is 4. The molecule has 0 aliphatic heterocycles. The normalized spacial score (nSPS) is 19.8. The zero-order valence-electron chi connectivity index (χ0n) is 17.1. The molecule has 1 rings (SSSR count). The highest BCUT2D eigenvalue weighted by molar-refractivity contribution is 6.06. The van der Waals surface area contributed by atoms with Crippen molar-refractivity contribution in [2.24, 2.45) is 11.8 Å². The molecule has 166 valence electrons. The van der Waals surface area contributed by atoms with E-state index in [-0.39, 0.29) is 12.8 Å². The van der Waals surface area contributed by atoms with Gasteiger partial charge in [0.25, 0.3) is 0 Å². The van der Waals surface area contributed by atoms with Crippen molar-refractivity contribution in [2.75, 3.05) is 0 Å². The molecule has 0 fully saturated rings. The third-order valence-electron chi connectivity index (χ3n) is 5.31. The molecule has 0 spiro atoms. The molecule has 9 heteroatoms. The number of unbranched alkanes of at least 4 members (excludes halogenated alkanes) is 2. The number of hydrogen-bond acceptors (Lipinski definition) is 5. The summed E-state index contributed by atoms with van der Waals surface area (Å²) in [6.07, 6.45) is 1.20. The van der Waals surface area contributed by atoms with Gasteiger partial charge in [-0.2, -0.15) is 0 Å². The minimum Gasteiger partial charge on any atom is -0.478 e. The van der Waals surface area contributed by atoms with Crippen LogP contribution in [0.5, 0.6) is 0 Å². The van der Waals surface area contributed by atoms with Crippen LogP contribution in [0.4, 0.5) is 0 Å². The molecule has 0 amide bonds. The van der Waals surface area contributed by atoms with E-state index in [0.717, 1.165) is 0 Å². The van der Waals surface area contributed by atoms with Crippen LogP contribution >= 0.6 is 0 Å². The van der Waals surface area contributed by atoms with Crippen LogP contribution in [-0.4, -0.2) is 50.1 Å². The summed E-state index contributed by atoms with van der Waals surface area (Å²) in [6.45, 7) is 3.65. The monoisotopic (exact) mass is 424 g/mol. The number of carboxylic acid groups (broad SMARTS) is 4. The number of rotatable bonds is 11. The lowest BCUT2D eigenvalue weighted by Gasteiger charge is -2.27. The largest absolute Gasteiger partial charge is 0.478 e. The fraction of sp³-hybridized carbons (Fsp3) is 0.571. The third kappa shape index (κ3) is 6.01. The standard InChI is InChI=1S/C21H28O9/c1-3-5-7-11-9-13(18(23)24)17(21(29)30)12(15(22)8-6-4-2)10-14(19(25)26)16(11)20(27)28/h11-12H,3-10H2,1-2H3,(H,23,24)(H,25,26)(H,27,28)(H,29,30). The first-order chi connectivity index (χ1) is 14.1. The first-order valence-corrected chi connectivity index (χ1v) is 9.98. The Bertz CT molecular complexity index is 788. The summed E-state index contributed by atoms with van der Waals surface area (Å²) in [7, 11) is 0. The van der Waals surface area contributed by atoms with Crippen LogP contribution < -0.4 is 0 Å². The summed E-state index contributed by atoms with van der Waals surface area (Å²) < 4.78 is 0. The molecule has 0 aromatic rings. The predicted octanol–water partition coefficient (Wildman–Crippen LogP) is 2.89.